The van der Waals surface area contributed by atoms with E-state index >= 15 is 0 Å². The average Bonchev–Trinajstić information content (AvgIpc) is 2.81. The average molecular weight is 276 g/mol. The van der Waals surface area contributed by atoms with E-state index in [4.69, 9.17) is 4.42 Å². The Morgan fingerprint density at radius 2 is 2.11 bits per heavy atom. The van der Waals surface area contributed by atoms with Crippen LogP contribution in [0, 0.1) is 6.92 Å². The van der Waals surface area contributed by atoms with E-state index in [1.807, 2.05) is 0 Å². The molecule has 1 unspecified atom stereocenters. The molecule has 1 atom stereocenters. The zero-order valence-electron chi connectivity index (χ0n) is 10.2. The Morgan fingerprint density at radius 1 is 1.47 bits per heavy atom. The lowest BCUT2D eigenvalue weighted by atomic mass is 10.1. The molecule has 8 heteroatoms. The summed E-state index contributed by atoms with van der Waals surface area (Å²) in [4.78, 5) is 12.0. The number of carbonyl (C=O) groups excluding carboxylic acids is 1. The predicted molar refractivity (Wildman–Crippen MR) is 58.3 cm³/mol. The highest BCUT2D eigenvalue weighted by molar-refractivity contribution is 5.98. The van der Waals surface area contributed by atoms with Gasteiger partial charge in [0.05, 0.1) is 11.8 Å². The Morgan fingerprint density at radius 3 is 2.58 bits per heavy atom. The van der Waals surface area contributed by atoms with Crippen molar-refractivity contribution in [3.05, 3.63) is 23.7 Å². The number of amides is 1. The number of hydrogen-bond acceptors (Lipinski definition) is 4. The third-order valence-corrected chi connectivity index (χ3v) is 2.86. The van der Waals surface area contributed by atoms with E-state index < -0.39 is 24.2 Å². The molecule has 2 heterocycles. The molecule has 0 aliphatic carbocycles. The van der Waals surface area contributed by atoms with Gasteiger partial charge in [0, 0.05) is 17.7 Å². The Balaban J connectivity index is 2.42. The Bertz CT molecular complexity index is 550. The van der Waals surface area contributed by atoms with Gasteiger partial charge in [-0.1, -0.05) is 0 Å². The number of aliphatic hydroxyl groups is 1. The third-order valence-electron chi connectivity index (χ3n) is 2.86. The molecule has 2 rings (SSSR count). The first-order valence-electron chi connectivity index (χ1n) is 5.37. The van der Waals surface area contributed by atoms with Crippen LogP contribution in [-0.2, 0) is 0 Å². The fraction of sp³-hybridized carbons (Fsp3) is 0.455. The van der Waals surface area contributed by atoms with Gasteiger partial charge in [0.25, 0.3) is 11.6 Å². The molecule has 1 aromatic heterocycles. The van der Waals surface area contributed by atoms with Gasteiger partial charge in [-0.2, -0.15) is 23.3 Å². The number of carbonyl (C=O) groups is 1. The number of furan rings is 1. The van der Waals surface area contributed by atoms with Crippen LogP contribution >= 0.6 is 0 Å². The predicted octanol–water partition coefficient (Wildman–Crippen LogP) is 2.06. The topological polar surface area (TPSA) is 66.0 Å². The molecule has 1 aliphatic rings. The van der Waals surface area contributed by atoms with Gasteiger partial charge >= 0.3 is 6.18 Å². The fourth-order valence-corrected chi connectivity index (χ4v) is 1.85. The van der Waals surface area contributed by atoms with E-state index in [1.165, 1.54) is 20.1 Å². The fourth-order valence-electron chi connectivity index (χ4n) is 1.85. The molecule has 0 aromatic carbocycles. The molecule has 0 spiro atoms. The van der Waals surface area contributed by atoms with Crippen molar-refractivity contribution in [2.75, 3.05) is 0 Å². The number of nitrogens with zero attached hydrogens (tertiary/aromatic N) is 2. The second kappa shape index (κ2) is 4.09. The van der Waals surface area contributed by atoms with E-state index in [9.17, 15) is 23.1 Å². The normalized spacial score (nSPS) is 23.7. The number of halogens is 3. The molecule has 1 N–H and O–H groups in total. The first kappa shape index (κ1) is 13.6. The zero-order valence-corrected chi connectivity index (χ0v) is 10.2. The zero-order chi connectivity index (χ0) is 14.4. The monoisotopic (exact) mass is 276 g/mol. The summed E-state index contributed by atoms with van der Waals surface area (Å²) >= 11 is 0. The van der Waals surface area contributed by atoms with E-state index in [0.717, 1.165) is 6.26 Å². The van der Waals surface area contributed by atoms with Crippen LogP contribution in [0.15, 0.2) is 22.0 Å². The van der Waals surface area contributed by atoms with Crippen molar-refractivity contribution in [1.29, 1.82) is 0 Å². The van der Waals surface area contributed by atoms with Gasteiger partial charge in [-0.25, -0.2) is 0 Å². The minimum Gasteiger partial charge on any atom is -0.471 e. The second-order valence-corrected chi connectivity index (χ2v) is 4.41. The Hall–Kier alpha value is -1.83. The van der Waals surface area contributed by atoms with Crippen LogP contribution in [0.3, 0.4) is 0 Å². The number of hydrogen-bond donors (Lipinski definition) is 1. The molecule has 0 radical (unpaired) electrons. The highest BCUT2D eigenvalue weighted by atomic mass is 19.4. The van der Waals surface area contributed by atoms with Crippen LogP contribution in [0.5, 0.6) is 0 Å². The summed E-state index contributed by atoms with van der Waals surface area (Å²) in [6.07, 6.45) is -3.51. The highest BCUT2D eigenvalue weighted by Crippen LogP contribution is 2.41. The summed E-state index contributed by atoms with van der Waals surface area (Å²) in [5, 5.41) is 13.3. The standard InChI is InChI=1S/C11H11F3N2O3/c1-6-4-19-5-8(6)9(17)16-10(18,11(12,13)14)3-7(2)15-16/h4-5,18H,3H2,1-2H3. The summed E-state index contributed by atoms with van der Waals surface area (Å²) in [5.74, 6) is -1.05. The van der Waals surface area contributed by atoms with Crippen LogP contribution in [0.2, 0.25) is 0 Å². The molecule has 1 aliphatic heterocycles. The maximum absolute atomic E-state index is 12.9. The maximum Gasteiger partial charge on any atom is 0.438 e. The summed E-state index contributed by atoms with van der Waals surface area (Å²) in [5.41, 5.74) is -2.98. The number of hydrazone groups is 1. The van der Waals surface area contributed by atoms with Gasteiger partial charge in [0.15, 0.2) is 0 Å². The van der Waals surface area contributed by atoms with Crippen molar-refractivity contribution in [2.24, 2.45) is 5.10 Å². The van der Waals surface area contributed by atoms with E-state index in [2.05, 4.69) is 5.10 Å². The largest absolute Gasteiger partial charge is 0.471 e. The minimum absolute atomic E-state index is 0.0225. The maximum atomic E-state index is 12.9. The number of alkyl halides is 3. The molecule has 0 saturated heterocycles. The molecule has 19 heavy (non-hydrogen) atoms. The SMILES string of the molecule is CC1=NN(C(=O)c2cocc2C)C(O)(C(F)(F)F)C1. The molecule has 1 amide bonds. The smallest absolute Gasteiger partial charge is 0.438 e. The van der Waals surface area contributed by atoms with Gasteiger partial charge in [0.2, 0.25) is 0 Å². The van der Waals surface area contributed by atoms with Gasteiger partial charge in [0.1, 0.15) is 6.26 Å². The van der Waals surface area contributed by atoms with Gasteiger partial charge < -0.3 is 9.52 Å². The molecular weight excluding hydrogens is 265 g/mol. The van der Waals surface area contributed by atoms with Crippen LogP contribution in [-0.4, -0.2) is 33.6 Å². The summed E-state index contributed by atoms with van der Waals surface area (Å²) in [6, 6.07) is 0. The van der Waals surface area contributed by atoms with Crippen LogP contribution in [0.1, 0.15) is 29.3 Å². The molecule has 5 nitrogen and oxygen atoms in total. The quantitative estimate of drug-likeness (QED) is 0.853. The minimum atomic E-state index is -5.00. The van der Waals surface area contributed by atoms with Crippen LogP contribution in [0.4, 0.5) is 13.2 Å². The van der Waals surface area contributed by atoms with Crippen molar-refractivity contribution in [3.8, 4) is 0 Å². The first-order chi connectivity index (χ1) is 8.67. The van der Waals surface area contributed by atoms with E-state index in [1.54, 1.807) is 0 Å². The molecule has 104 valence electrons. The number of rotatable bonds is 1. The van der Waals surface area contributed by atoms with Gasteiger partial charge in [-0.15, -0.1) is 0 Å². The lowest BCUT2D eigenvalue weighted by Gasteiger charge is -2.32. The Labute approximate surface area is 106 Å². The van der Waals surface area contributed by atoms with Crippen molar-refractivity contribution in [1.82, 2.24) is 5.01 Å². The van der Waals surface area contributed by atoms with Gasteiger partial charge in [-0.3, -0.25) is 4.79 Å². The van der Waals surface area contributed by atoms with Crippen LogP contribution in [0.25, 0.3) is 0 Å². The van der Waals surface area contributed by atoms with Crippen molar-refractivity contribution in [2.45, 2.75) is 32.2 Å². The molecule has 0 saturated carbocycles. The van der Waals surface area contributed by atoms with Gasteiger partial charge in [-0.05, 0) is 13.8 Å². The first-order valence-corrected chi connectivity index (χ1v) is 5.37. The molecule has 1 aromatic rings. The molecule has 0 bridgehead atoms. The van der Waals surface area contributed by atoms with Crippen LogP contribution < -0.4 is 0 Å². The molecule has 0 fully saturated rings. The Kier molecular flexibility index (Phi) is 2.93. The van der Waals surface area contributed by atoms with Crippen molar-refractivity contribution >= 4 is 11.6 Å². The van der Waals surface area contributed by atoms with Crippen molar-refractivity contribution < 1.29 is 27.5 Å². The third kappa shape index (κ3) is 2.01. The summed E-state index contributed by atoms with van der Waals surface area (Å²) < 4.78 is 43.5. The second-order valence-electron chi connectivity index (χ2n) is 4.41. The lowest BCUT2D eigenvalue weighted by molar-refractivity contribution is -0.297. The number of aryl methyl sites for hydroxylation is 1. The molecular formula is C11H11F3N2O3. The van der Waals surface area contributed by atoms with E-state index in [-0.39, 0.29) is 16.3 Å². The highest BCUT2D eigenvalue weighted by Gasteiger charge is 2.62. The van der Waals surface area contributed by atoms with E-state index in [0.29, 0.717) is 5.56 Å². The lowest BCUT2D eigenvalue weighted by Crippen LogP contribution is -2.56. The van der Waals surface area contributed by atoms with Crippen molar-refractivity contribution in [3.63, 3.8) is 0 Å². The summed E-state index contributed by atoms with van der Waals surface area (Å²) in [7, 11) is 0. The summed E-state index contributed by atoms with van der Waals surface area (Å²) in [6.45, 7) is 2.82.